The quantitative estimate of drug-likeness (QED) is 0.832. The van der Waals surface area contributed by atoms with Gasteiger partial charge in [0.1, 0.15) is 11.6 Å². The molecule has 2 N–H and O–H groups in total. The van der Waals surface area contributed by atoms with Crippen LogP contribution in [0.5, 0.6) is 0 Å². The molecule has 9 heteroatoms. The summed E-state index contributed by atoms with van der Waals surface area (Å²) in [6, 6.07) is 6.38. The van der Waals surface area contributed by atoms with Crippen LogP contribution in [0.4, 0.5) is 10.2 Å². The van der Waals surface area contributed by atoms with E-state index >= 15 is 0 Å². The Morgan fingerprint density at radius 3 is 2.59 bits per heavy atom. The first-order valence-electron chi connectivity index (χ1n) is 6.33. The summed E-state index contributed by atoms with van der Waals surface area (Å²) in [5.74, 6) is -0.699. The van der Waals surface area contributed by atoms with E-state index in [1.165, 1.54) is 18.2 Å². The maximum atomic E-state index is 12.7. The van der Waals surface area contributed by atoms with E-state index < -0.39 is 21.7 Å². The Balaban J connectivity index is 1.84. The van der Waals surface area contributed by atoms with Crippen LogP contribution in [0.2, 0.25) is 0 Å². The highest BCUT2D eigenvalue weighted by Crippen LogP contribution is 2.09. The molecule has 0 saturated carbocycles. The Morgan fingerprint density at radius 2 is 2.00 bits per heavy atom. The smallest absolute Gasteiger partial charge is 0.251 e. The fourth-order valence-corrected chi connectivity index (χ4v) is 2.51. The fourth-order valence-electron chi connectivity index (χ4n) is 1.63. The molecule has 1 aromatic carbocycles. The van der Waals surface area contributed by atoms with Crippen molar-refractivity contribution >= 4 is 21.7 Å². The minimum atomic E-state index is -3.65. The Bertz CT molecular complexity index is 756. The van der Waals surface area contributed by atoms with Crippen molar-refractivity contribution in [2.45, 2.75) is 6.92 Å². The van der Waals surface area contributed by atoms with E-state index in [0.717, 1.165) is 12.1 Å². The molecule has 0 spiro atoms. The normalized spacial score (nSPS) is 11.2. The summed E-state index contributed by atoms with van der Waals surface area (Å²) in [6.07, 6.45) is 0. The van der Waals surface area contributed by atoms with Crippen molar-refractivity contribution in [3.63, 3.8) is 0 Å². The molecule has 0 atom stereocenters. The standard InChI is InChI=1S/C13H14FN3O4S/c1-9-8-12(16-21-9)17-22(19,20)7-6-15-13(18)10-2-4-11(14)5-3-10/h2-5,8H,6-7H2,1H3,(H,15,18)(H,16,17). The lowest BCUT2D eigenvalue weighted by Crippen LogP contribution is -2.31. The number of halogens is 1. The second kappa shape index (κ2) is 6.56. The monoisotopic (exact) mass is 327 g/mol. The van der Waals surface area contributed by atoms with Gasteiger partial charge in [0.2, 0.25) is 10.0 Å². The lowest BCUT2D eigenvalue weighted by molar-refractivity contribution is 0.0956. The molecule has 7 nitrogen and oxygen atoms in total. The van der Waals surface area contributed by atoms with E-state index in [1.54, 1.807) is 6.92 Å². The predicted octanol–water partition coefficient (Wildman–Crippen LogP) is 1.29. The number of nitrogens with zero attached hydrogens (tertiary/aromatic N) is 1. The highest BCUT2D eigenvalue weighted by molar-refractivity contribution is 7.92. The van der Waals surface area contributed by atoms with Crippen molar-refractivity contribution in [1.82, 2.24) is 10.5 Å². The highest BCUT2D eigenvalue weighted by atomic mass is 32.2. The van der Waals surface area contributed by atoms with Crippen molar-refractivity contribution in [2.75, 3.05) is 17.0 Å². The van der Waals surface area contributed by atoms with Crippen LogP contribution >= 0.6 is 0 Å². The molecule has 1 heterocycles. The van der Waals surface area contributed by atoms with Crippen molar-refractivity contribution in [2.24, 2.45) is 0 Å². The van der Waals surface area contributed by atoms with E-state index in [4.69, 9.17) is 4.52 Å². The first kappa shape index (κ1) is 16.0. The zero-order valence-corrected chi connectivity index (χ0v) is 12.5. The molecule has 0 fully saturated rings. The predicted molar refractivity (Wildman–Crippen MR) is 77.4 cm³/mol. The van der Waals surface area contributed by atoms with E-state index in [-0.39, 0.29) is 23.7 Å². The molecular formula is C13H14FN3O4S. The second-order valence-corrected chi connectivity index (χ2v) is 6.35. The molecule has 2 rings (SSSR count). The van der Waals surface area contributed by atoms with Gasteiger partial charge in [-0.25, -0.2) is 12.8 Å². The molecule has 0 aliphatic rings. The fraction of sp³-hybridized carbons (Fsp3) is 0.231. The van der Waals surface area contributed by atoms with E-state index in [1.807, 2.05) is 0 Å². The summed E-state index contributed by atoms with van der Waals surface area (Å²) in [4.78, 5) is 11.7. The summed E-state index contributed by atoms with van der Waals surface area (Å²) >= 11 is 0. The number of nitrogens with one attached hydrogen (secondary N) is 2. The Labute approximate surface area is 126 Å². The van der Waals surface area contributed by atoms with Crippen molar-refractivity contribution in [3.05, 3.63) is 47.5 Å². The number of carbonyl (C=O) groups is 1. The van der Waals surface area contributed by atoms with Gasteiger partial charge in [0, 0.05) is 18.2 Å². The molecule has 0 aliphatic heterocycles. The Morgan fingerprint density at radius 1 is 1.32 bits per heavy atom. The van der Waals surface area contributed by atoms with E-state index in [9.17, 15) is 17.6 Å². The van der Waals surface area contributed by atoms with Crippen LogP contribution in [0.3, 0.4) is 0 Å². The summed E-state index contributed by atoms with van der Waals surface area (Å²) in [5.41, 5.74) is 0.249. The van der Waals surface area contributed by atoms with Gasteiger partial charge in [-0.3, -0.25) is 9.52 Å². The number of aryl methyl sites for hydroxylation is 1. The maximum Gasteiger partial charge on any atom is 0.251 e. The van der Waals surface area contributed by atoms with Gasteiger partial charge in [0.25, 0.3) is 5.91 Å². The summed E-state index contributed by atoms with van der Waals surface area (Å²) in [5, 5.41) is 5.95. The summed E-state index contributed by atoms with van der Waals surface area (Å²) in [6.45, 7) is 1.54. The molecule has 0 saturated heterocycles. The third kappa shape index (κ3) is 4.55. The van der Waals surface area contributed by atoms with Crippen molar-refractivity contribution in [1.29, 1.82) is 0 Å². The average molecular weight is 327 g/mol. The van der Waals surface area contributed by atoms with Crippen molar-refractivity contribution in [3.8, 4) is 0 Å². The molecule has 1 amide bonds. The number of anilines is 1. The summed E-state index contributed by atoms with van der Waals surface area (Å²) in [7, 11) is -3.65. The minimum Gasteiger partial charge on any atom is -0.360 e. The summed E-state index contributed by atoms with van der Waals surface area (Å²) < 4.78 is 43.3. The maximum absolute atomic E-state index is 12.7. The zero-order valence-electron chi connectivity index (χ0n) is 11.7. The SMILES string of the molecule is Cc1cc(NS(=O)(=O)CCNC(=O)c2ccc(F)cc2)no1. The lowest BCUT2D eigenvalue weighted by atomic mass is 10.2. The third-order valence-corrected chi connectivity index (χ3v) is 3.91. The van der Waals surface area contributed by atoms with Crippen LogP contribution in [0.1, 0.15) is 16.1 Å². The molecule has 0 aliphatic carbocycles. The molecule has 0 bridgehead atoms. The Hall–Kier alpha value is -2.42. The van der Waals surface area contributed by atoms with Crippen LogP contribution in [0.15, 0.2) is 34.9 Å². The van der Waals surface area contributed by atoms with Crippen LogP contribution in [0, 0.1) is 12.7 Å². The van der Waals surface area contributed by atoms with Crippen LogP contribution in [-0.2, 0) is 10.0 Å². The van der Waals surface area contributed by atoms with Crippen molar-refractivity contribution < 1.29 is 22.1 Å². The number of sulfonamides is 1. The van der Waals surface area contributed by atoms with Gasteiger partial charge in [-0.15, -0.1) is 0 Å². The number of carbonyl (C=O) groups excluding carboxylic acids is 1. The molecule has 22 heavy (non-hydrogen) atoms. The van der Waals surface area contributed by atoms with Gasteiger partial charge in [0.15, 0.2) is 5.82 Å². The highest BCUT2D eigenvalue weighted by Gasteiger charge is 2.14. The average Bonchev–Trinajstić information content (AvgIpc) is 2.83. The van der Waals surface area contributed by atoms with Crippen LogP contribution in [0.25, 0.3) is 0 Å². The van der Waals surface area contributed by atoms with E-state index in [2.05, 4.69) is 15.2 Å². The van der Waals surface area contributed by atoms with Gasteiger partial charge >= 0.3 is 0 Å². The van der Waals surface area contributed by atoms with Gasteiger partial charge in [0.05, 0.1) is 5.75 Å². The number of aromatic nitrogens is 1. The number of hydrogen-bond acceptors (Lipinski definition) is 5. The Kier molecular flexibility index (Phi) is 4.76. The molecule has 2 aromatic rings. The first-order valence-corrected chi connectivity index (χ1v) is 7.98. The van der Waals surface area contributed by atoms with Gasteiger partial charge in [-0.2, -0.15) is 0 Å². The molecule has 0 unspecified atom stereocenters. The largest absolute Gasteiger partial charge is 0.360 e. The van der Waals surface area contributed by atoms with Gasteiger partial charge in [-0.05, 0) is 31.2 Å². The molecule has 118 valence electrons. The topological polar surface area (TPSA) is 101 Å². The number of hydrogen-bond donors (Lipinski definition) is 2. The molecule has 1 aromatic heterocycles. The number of rotatable bonds is 6. The van der Waals surface area contributed by atoms with Gasteiger partial charge < -0.3 is 9.84 Å². The number of benzene rings is 1. The first-order chi connectivity index (χ1) is 10.4. The molecular weight excluding hydrogens is 313 g/mol. The van der Waals surface area contributed by atoms with Crippen LogP contribution in [-0.4, -0.2) is 31.8 Å². The van der Waals surface area contributed by atoms with Crippen LogP contribution < -0.4 is 10.0 Å². The zero-order chi connectivity index (χ0) is 16.2. The third-order valence-electron chi connectivity index (χ3n) is 2.65. The van der Waals surface area contributed by atoms with Gasteiger partial charge in [-0.1, -0.05) is 5.16 Å². The second-order valence-electron chi connectivity index (χ2n) is 4.51. The lowest BCUT2D eigenvalue weighted by Gasteiger charge is -2.07. The minimum absolute atomic E-state index is 0.0855. The number of amides is 1. The molecule has 0 radical (unpaired) electrons. The van der Waals surface area contributed by atoms with E-state index in [0.29, 0.717) is 5.76 Å².